The first-order valence-corrected chi connectivity index (χ1v) is 8.22. The number of rotatable bonds is 4. The highest BCUT2D eigenvalue weighted by molar-refractivity contribution is 5.79. The van der Waals surface area contributed by atoms with Crippen molar-refractivity contribution in [2.24, 2.45) is 5.73 Å². The normalized spacial score (nSPS) is 13.7. The summed E-state index contributed by atoms with van der Waals surface area (Å²) < 4.78 is 0. The summed E-state index contributed by atoms with van der Waals surface area (Å²) in [6.45, 7) is 14.7. The van der Waals surface area contributed by atoms with E-state index in [0.717, 1.165) is 16.7 Å². The molecule has 23 heavy (non-hydrogen) atoms. The maximum Gasteiger partial charge on any atom is 0.224 e. The van der Waals surface area contributed by atoms with Crippen LogP contribution in [0.1, 0.15) is 65.2 Å². The van der Waals surface area contributed by atoms with Crippen molar-refractivity contribution in [3.63, 3.8) is 0 Å². The van der Waals surface area contributed by atoms with Gasteiger partial charge in [0, 0.05) is 12.6 Å². The number of hydrogen-bond donors (Lipinski definition) is 3. The number of nitrogens with one attached hydrogen (secondary N) is 1. The molecule has 1 rings (SSSR count). The molecule has 4 N–H and O–H groups in total. The van der Waals surface area contributed by atoms with Crippen LogP contribution in [0.15, 0.2) is 12.1 Å². The van der Waals surface area contributed by atoms with E-state index in [9.17, 15) is 9.90 Å². The number of carbonyl (C=O) groups excluding carboxylic acids is 1. The number of phenols is 1. The average molecular weight is 320 g/mol. The van der Waals surface area contributed by atoms with E-state index in [1.165, 1.54) is 0 Å². The van der Waals surface area contributed by atoms with Gasteiger partial charge in [0.2, 0.25) is 5.91 Å². The van der Waals surface area contributed by atoms with Crippen LogP contribution >= 0.6 is 0 Å². The number of benzene rings is 1. The highest BCUT2D eigenvalue weighted by atomic mass is 16.3. The summed E-state index contributed by atoms with van der Waals surface area (Å²) in [6.07, 6.45) is 0.288. The molecule has 1 amide bonds. The van der Waals surface area contributed by atoms with Gasteiger partial charge in [0.15, 0.2) is 0 Å². The molecule has 0 saturated heterocycles. The molecule has 130 valence electrons. The van der Waals surface area contributed by atoms with Gasteiger partial charge in [-0.05, 0) is 34.4 Å². The number of nitrogens with two attached hydrogens (primary N) is 1. The van der Waals surface area contributed by atoms with Crippen molar-refractivity contribution in [2.75, 3.05) is 6.54 Å². The SMILES string of the molecule is CC(CN)NC(=O)Cc1cc(C(C)(C)C)c(O)c(C(C)(C)C)c1. The van der Waals surface area contributed by atoms with Gasteiger partial charge in [-0.25, -0.2) is 0 Å². The van der Waals surface area contributed by atoms with Gasteiger partial charge in [-0.3, -0.25) is 4.79 Å². The summed E-state index contributed by atoms with van der Waals surface area (Å²) in [5, 5.41) is 13.6. The number of amides is 1. The molecule has 0 spiro atoms. The van der Waals surface area contributed by atoms with E-state index in [1.807, 2.05) is 19.1 Å². The quantitative estimate of drug-likeness (QED) is 0.798. The van der Waals surface area contributed by atoms with Gasteiger partial charge in [0.05, 0.1) is 6.42 Å². The second kappa shape index (κ2) is 6.91. The van der Waals surface area contributed by atoms with Crippen LogP contribution in [-0.2, 0) is 22.0 Å². The molecule has 0 heterocycles. The average Bonchev–Trinajstić information content (AvgIpc) is 2.37. The van der Waals surface area contributed by atoms with Crippen molar-refractivity contribution in [3.05, 3.63) is 28.8 Å². The zero-order valence-corrected chi connectivity index (χ0v) is 15.6. The Kier molecular flexibility index (Phi) is 5.86. The third kappa shape index (κ3) is 5.24. The van der Waals surface area contributed by atoms with Crippen LogP contribution in [0.4, 0.5) is 0 Å². The smallest absolute Gasteiger partial charge is 0.224 e. The van der Waals surface area contributed by atoms with Crippen molar-refractivity contribution in [2.45, 2.75) is 71.8 Å². The van der Waals surface area contributed by atoms with Gasteiger partial charge < -0.3 is 16.2 Å². The third-order valence-electron chi connectivity index (χ3n) is 3.91. The maximum atomic E-state index is 12.2. The fourth-order valence-electron chi connectivity index (χ4n) is 2.51. The van der Waals surface area contributed by atoms with Gasteiger partial charge in [0.1, 0.15) is 5.75 Å². The Balaban J connectivity index is 3.26. The molecule has 1 aromatic rings. The van der Waals surface area contributed by atoms with E-state index >= 15 is 0 Å². The lowest BCUT2D eigenvalue weighted by molar-refractivity contribution is -0.120. The topological polar surface area (TPSA) is 75.3 Å². The first-order chi connectivity index (χ1) is 10.4. The molecule has 0 aliphatic carbocycles. The minimum Gasteiger partial charge on any atom is -0.507 e. The first-order valence-electron chi connectivity index (χ1n) is 8.22. The molecule has 1 unspecified atom stereocenters. The standard InChI is InChI=1S/C19H32N2O2/c1-12(11-20)21-16(22)10-13-8-14(18(2,3)4)17(23)15(9-13)19(5,6)7/h8-9,12,23H,10-11,20H2,1-7H3,(H,21,22). The Labute approximate surface area is 140 Å². The predicted molar refractivity (Wildman–Crippen MR) is 95.9 cm³/mol. The van der Waals surface area contributed by atoms with Gasteiger partial charge in [-0.15, -0.1) is 0 Å². The maximum absolute atomic E-state index is 12.2. The summed E-state index contributed by atoms with van der Waals surface area (Å²) >= 11 is 0. The van der Waals surface area contributed by atoms with Crippen LogP contribution in [-0.4, -0.2) is 23.6 Å². The van der Waals surface area contributed by atoms with E-state index in [4.69, 9.17) is 5.73 Å². The van der Waals surface area contributed by atoms with E-state index in [0.29, 0.717) is 12.3 Å². The Morgan fingerprint density at radius 3 is 1.91 bits per heavy atom. The second-order valence-corrected chi connectivity index (χ2v) is 8.42. The largest absolute Gasteiger partial charge is 0.507 e. The van der Waals surface area contributed by atoms with Gasteiger partial charge in [0.25, 0.3) is 0 Å². The summed E-state index contributed by atoms with van der Waals surface area (Å²) in [6, 6.07) is 3.85. The van der Waals surface area contributed by atoms with Crippen molar-refractivity contribution in [1.82, 2.24) is 5.32 Å². The second-order valence-electron chi connectivity index (χ2n) is 8.42. The molecule has 0 fully saturated rings. The fraction of sp³-hybridized carbons (Fsp3) is 0.632. The minimum atomic E-state index is -0.193. The summed E-state index contributed by atoms with van der Waals surface area (Å²) in [7, 11) is 0. The predicted octanol–water partition coefficient (Wildman–Crippen LogP) is 2.99. The molecule has 0 aliphatic heterocycles. The molecule has 1 aromatic carbocycles. The Morgan fingerprint density at radius 2 is 1.57 bits per heavy atom. The summed E-state index contributed by atoms with van der Waals surface area (Å²) in [5.41, 5.74) is 7.83. The molecule has 0 aromatic heterocycles. The molecule has 0 bridgehead atoms. The van der Waals surface area contributed by atoms with E-state index in [-0.39, 0.29) is 29.2 Å². The molecule has 0 radical (unpaired) electrons. The minimum absolute atomic E-state index is 0.0382. The van der Waals surface area contributed by atoms with E-state index in [1.54, 1.807) is 0 Å². The fourth-order valence-corrected chi connectivity index (χ4v) is 2.51. The van der Waals surface area contributed by atoms with Crippen LogP contribution < -0.4 is 11.1 Å². The molecule has 1 atom stereocenters. The highest BCUT2D eigenvalue weighted by Crippen LogP contribution is 2.39. The van der Waals surface area contributed by atoms with Crippen molar-refractivity contribution in [1.29, 1.82) is 0 Å². The van der Waals surface area contributed by atoms with Crippen molar-refractivity contribution < 1.29 is 9.90 Å². The Morgan fingerprint density at radius 1 is 1.13 bits per heavy atom. The highest BCUT2D eigenvalue weighted by Gasteiger charge is 2.26. The van der Waals surface area contributed by atoms with Gasteiger partial charge in [-0.2, -0.15) is 0 Å². The summed E-state index contributed by atoms with van der Waals surface area (Å²) in [5.74, 6) is 0.290. The lowest BCUT2D eigenvalue weighted by Crippen LogP contribution is -2.38. The lowest BCUT2D eigenvalue weighted by Gasteiger charge is -2.28. The monoisotopic (exact) mass is 320 g/mol. The van der Waals surface area contributed by atoms with E-state index in [2.05, 4.69) is 46.9 Å². The van der Waals surface area contributed by atoms with Gasteiger partial charge >= 0.3 is 0 Å². The number of carbonyl (C=O) groups is 1. The molecule has 4 heteroatoms. The van der Waals surface area contributed by atoms with Crippen LogP contribution in [0.3, 0.4) is 0 Å². The van der Waals surface area contributed by atoms with Gasteiger partial charge in [-0.1, -0.05) is 53.7 Å². The van der Waals surface area contributed by atoms with Crippen LogP contribution in [0, 0.1) is 0 Å². The van der Waals surface area contributed by atoms with E-state index < -0.39 is 0 Å². The Hall–Kier alpha value is -1.55. The van der Waals surface area contributed by atoms with Crippen molar-refractivity contribution in [3.8, 4) is 5.75 Å². The third-order valence-corrected chi connectivity index (χ3v) is 3.91. The molecule has 4 nitrogen and oxygen atoms in total. The first kappa shape index (κ1) is 19.5. The zero-order chi connectivity index (χ0) is 18.0. The van der Waals surface area contributed by atoms with Crippen molar-refractivity contribution >= 4 is 5.91 Å². The van der Waals surface area contributed by atoms with Crippen LogP contribution in [0.2, 0.25) is 0 Å². The van der Waals surface area contributed by atoms with Crippen LogP contribution in [0.25, 0.3) is 0 Å². The zero-order valence-electron chi connectivity index (χ0n) is 15.6. The summed E-state index contributed by atoms with van der Waals surface area (Å²) in [4.78, 5) is 12.2. The molecule has 0 saturated carbocycles. The number of aromatic hydroxyl groups is 1. The lowest BCUT2D eigenvalue weighted by atomic mass is 9.78. The van der Waals surface area contributed by atoms with Crippen LogP contribution in [0.5, 0.6) is 5.75 Å². The molecular formula is C19H32N2O2. The number of phenolic OH excluding ortho intramolecular Hbond substituents is 1. The molecular weight excluding hydrogens is 288 g/mol. The Bertz CT molecular complexity index is 531. The molecule has 0 aliphatic rings. The number of hydrogen-bond acceptors (Lipinski definition) is 3.